The van der Waals surface area contributed by atoms with E-state index in [1.807, 2.05) is 60.7 Å². The van der Waals surface area contributed by atoms with Crippen molar-refractivity contribution < 1.29 is 48.5 Å². The van der Waals surface area contributed by atoms with E-state index in [4.69, 9.17) is 28.9 Å². The van der Waals surface area contributed by atoms with E-state index in [1.165, 1.54) is 32.4 Å². The van der Waals surface area contributed by atoms with Gasteiger partial charge in [-0.15, -0.1) is 6.58 Å². The largest absolute Gasteiger partial charge is 0.496 e. The molecule has 364 valence electrons. The number of aliphatic hydroxyl groups excluding tert-OH is 2. The summed E-state index contributed by atoms with van der Waals surface area (Å²) in [7, 11) is 3.01. The van der Waals surface area contributed by atoms with E-state index < -0.39 is 22.7 Å². The fourth-order valence-electron chi connectivity index (χ4n) is 10.8. The molecular weight excluding hydrogens is 891 g/mol. The number of ether oxygens (including phenoxy) is 4. The monoisotopic (exact) mass is 949 g/mol. The number of rotatable bonds is 22. The molecule has 8 rings (SSSR count). The maximum Gasteiger partial charge on any atom is 0.269 e. The molecule has 6 atom stereocenters. The number of unbranched alkanes of at least 4 members (excludes halogenated alkanes) is 2. The van der Waals surface area contributed by atoms with Gasteiger partial charge >= 0.3 is 0 Å². The Morgan fingerprint density at radius 1 is 0.943 bits per heavy atom. The molecule has 0 bridgehead atoms. The lowest BCUT2D eigenvalue weighted by molar-refractivity contribution is -0.384. The van der Waals surface area contributed by atoms with Crippen LogP contribution in [0.25, 0.3) is 16.8 Å². The number of nitro groups is 1. The molecule has 1 saturated carbocycles. The number of hydrogen-bond acceptors (Lipinski definition) is 12. The molecule has 0 saturated heterocycles. The fraction of sp³-hybridized carbons (Fsp3) is 0.339. The van der Waals surface area contributed by atoms with Gasteiger partial charge in [-0.25, -0.2) is 0 Å². The minimum absolute atomic E-state index is 0.00233. The number of hydrogen-bond donors (Lipinski definition) is 2. The van der Waals surface area contributed by atoms with Gasteiger partial charge in [-0.1, -0.05) is 72.6 Å². The summed E-state index contributed by atoms with van der Waals surface area (Å²) in [6.07, 6.45) is 12.2. The van der Waals surface area contributed by atoms with Gasteiger partial charge in [0, 0.05) is 55.9 Å². The minimum atomic E-state index is -1.55. The summed E-state index contributed by atoms with van der Waals surface area (Å²) in [4.78, 5) is 45.8. The third kappa shape index (κ3) is 10.3. The van der Waals surface area contributed by atoms with Crippen LogP contribution in [0, 0.1) is 27.9 Å². The number of allylic oxidation sites excluding steroid dienone is 1. The molecule has 0 aromatic heterocycles. The molecule has 1 amide bonds. The van der Waals surface area contributed by atoms with Crippen LogP contribution in [0.4, 0.5) is 5.69 Å². The van der Waals surface area contributed by atoms with Crippen LogP contribution in [0.2, 0.25) is 0 Å². The third-order valence-corrected chi connectivity index (χ3v) is 13.8. The number of non-ortho nitro benzene ring substituents is 1. The SMILES string of the molecule is C=CCO[C@@]12Oc3ccc(Oc4ccc(OC)c(C=O)c4)cc3[C@H]3[C@H](CCCCO)[C@@H](CCCCO)C=C(C(=NOC)C[C@@H]1N(Cc1cccc4ccccc14)C(=O)C=Cc1ccc([N+](=O)[O-])cc1)[C@H]32. The molecule has 5 aromatic carbocycles. The van der Waals surface area contributed by atoms with Crippen LogP contribution in [0.3, 0.4) is 0 Å². The summed E-state index contributed by atoms with van der Waals surface area (Å²) in [5.74, 6) is -0.950. The molecule has 14 heteroatoms. The first-order valence-electron chi connectivity index (χ1n) is 23.8. The lowest BCUT2D eigenvalue weighted by atomic mass is 9.55. The molecule has 1 aliphatic heterocycles. The van der Waals surface area contributed by atoms with Gasteiger partial charge in [0.1, 0.15) is 36.1 Å². The maximum atomic E-state index is 15.3. The molecule has 14 nitrogen and oxygen atoms in total. The van der Waals surface area contributed by atoms with E-state index in [9.17, 15) is 25.1 Å². The molecule has 0 spiro atoms. The van der Waals surface area contributed by atoms with Crippen LogP contribution < -0.4 is 14.2 Å². The highest BCUT2D eigenvalue weighted by Crippen LogP contribution is 2.62. The van der Waals surface area contributed by atoms with Crippen molar-refractivity contribution >= 4 is 40.4 Å². The summed E-state index contributed by atoms with van der Waals surface area (Å²) in [5, 5.41) is 38.2. The average Bonchev–Trinajstić information content (AvgIpc) is 3.38. The fourth-order valence-corrected chi connectivity index (χ4v) is 10.8. The summed E-state index contributed by atoms with van der Waals surface area (Å²) in [6.45, 7) is 4.37. The summed E-state index contributed by atoms with van der Waals surface area (Å²) >= 11 is 0. The lowest BCUT2D eigenvalue weighted by Crippen LogP contribution is -2.70. The Kier molecular flexibility index (Phi) is 15.9. The van der Waals surface area contributed by atoms with Crippen LogP contribution >= 0.6 is 0 Å². The smallest absolute Gasteiger partial charge is 0.269 e. The van der Waals surface area contributed by atoms with Crippen molar-refractivity contribution in [1.29, 1.82) is 0 Å². The van der Waals surface area contributed by atoms with Crippen LogP contribution in [-0.2, 0) is 20.9 Å². The van der Waals surface area contributed by atoms with Crippen molar-refractivity contribution in [2.24, 2.45) is 22.9 Å². The number of nitrogens with zero attached hydrogens (tertiary/aromatic N) is 3. The highest BCUT2D eigenvalue weighted by molar-refractivity contribution is 6.03. The molecule has 3 aliphatic rings. The number of aliphatic hydroxyl groups is 2. The van der Waals surface area contributed by atoms with Crippen LogP contribution in [0.5, 0.6) is 23.0 Å². The lowest BCUT2D eigenvalue weighted by Gasteiger charge is -2.60. The number of oxime groups is 1. The number of benzene rings is 5. The normalized spacial score (nSPS) is 21.8. The number of aldehydes is 1. The summed E-state index contributed by atoms with van der Waals surface area (Å²) < 4.78 is 26.5. The minimum Gasteiger partial charge on any atom is -0.496 e. The number of carbonyl (C=O) groups excluding carboxylic acids is 2. The second-order valence-electron chi connectivity index (χ2n) is 17.9. The average molecular weight is 950 g/mol. The molecule has 1 fully saturated rings. The van der Waals surface area contributed by atoms with E-state index in [0.717, 1.165) is 59.4 Å². The molecule has 2 N–H and O–H groups in total. The van der Waals surface area contributed by atoms with Crippen LogP contribution in [0.1, 0.15) is 77.9 Å². The molecule has 70 heavy (non-hydrogen) atoms. The first-order valence-corrected chi connectivity index (χ1v) is 23.8. The van der Waals surface area contributed by atoms with Gasteiger partial charge < -0.3 is 38.9 Å². The van der Waals surface area contributed by atoms with Crippen molar-refractivity contribution in [3.63, 3.8) is 0 Å². The van der Waals surface area contributed by atoms with Gasteiger partial charge in [0.25, 0.3) is 5.69 Å². The van der Waals surface area contributed by atoms with E-state index >= 15 is 4.79 Å². The Bertz CT molecular complexity index is 2780. The van der Waals surface area contributed by atoms with Gasteiger partial charge in [-0.05, 0) is 120 Å². The van der Waals surface area contributed by atoms with Crippen LogP contribution in [0.15, 0.2) is 139 Å². The first kappa shape index (κ1) is 49.3. The predicted octanol–water partition coefficient (Wildman–Crippen LogP) is 10.4. The molecule has 5 aromatic rings. The van der Waals surface area contributed by atoms with E-state index in [-0.39, 0.29) is 62.1 Å². The van der Waals surface area contributed by atoms with Gasteiger partial charge in [-0.2, -0.15) is 0 Å². The highest BCUT2D eigenvalue weighted by Gasteiger charge is 2.65. The van der Waals surface area contributed by atoms with Crippen molar-refractivity contribution in [2.75, 3.05) is 34.0 Å². The second kappa shape index (κ2) is 22.5. The zero-order valence-electron chi connectivity index (χ0n) is 39.5. The summed E-state index contributed by atoms with van der Waals surface area (Å²) in [5.41, 5.74) is 4.13. The predicted molar refractivity (Wildman–Crippen MR) is 267 cm³/mol. The Morgan fingerprint density at radius 2 is 1.69 bits per heavy atom. The molecule has 0 unspecified atom stereocenters. The molecule has 1 heterocycles. The van der Waals surface area contributed by atoms with Crippen molar-refractivity contribution in [2.45, 2.75) is 69.2 Å². The molecular formula is C56H59N3O11. The number of methoxy groups -OCH3 is 1. The number of amides is 1. The highest BCUT2D eigenvalue weighted by atomic mass is 16.7. The van der Waals surface area contributed by atoms with Gasteiger partial charge in [0.2, 0.25) is 11.7 Å². The molecule has 0 radical (unpaired) electrons. The number of carbonyl (C=O) groups is 2. The Balaban J connectivity index is 1.34. The van der Waals surface area contributed by atoms with Gasteiger partial charge in [-0.3, -0.25) is 19.7 Å². The van der Waals surface area contributed by atoms with E-state index in [2.05, 4.69) is 12.7 Å². The first-order chi connectivity index (χ1) is 34.2. The second-order valence-corrected chi connectivity index (χ2v) is 17.9. The maximum absolute atomic E-state index is 15.3. The Labute approximate surface area is 407 Å². The number of fused-ring (bicyclic) bond motifs is 3. The Hall–Kier alpha value is -7.13. The van der Waals surface area contributed by atoms with E-state index in [0.29, 0.717) is 52.7 Å². The van der Waals surface area contributed by atoms with Gasteiger partial charge in [0.15, 0.2) is 6.29 Å². The zero-order chi connectivity index (χ0) is 49.2. The van der Waals surface area contributed by atoms with Crippen LogP contribution in [-0.4, -0.2) is 83.8 Å². The topological polar surface area (TPSA) is 179 Å². The van der Waals surface area contributed by atoms with Crippen molar-refractivity contribution in [3.05, 3.63) is 166 Å². The quantitative estimate of drug-likeness (QED) is 0.0168. The van der Waals surface area contributed by atoms with Gasteiger partial charge in [0.05, 0.1) is 35.8 Å². The number of nitro benzene ring substituents is 1. The third-order valence-electron chi connectivity index (χ3n) is 13.8. The standard InChI is InChI=1S/C56H59N3O11/c1-4-30-68-56-52(58(35-40-15-11-14-38-12-5-6-16-45(38)40)53(63)27-20-37-18-21-42(22-19-37)59(64)65)34-49(57-67-3)47-32-39(13-7-9-28-60)46(17-8-10-29-61)54(55(47)56)48-33-44(24-26-51(48)70-56)69-43-23-25-50(66-2)41(31-43)36-62/h4-6,11-12,14-16,18-27,31-33,36,39,46,52,54-55,60-61H,1,7-10,13,17,28-30,34-35H2,2-3H3/t39-,46+,52-,54+,55+,56+/m0/s1. The van der Waals surface area contributed by atoms with Crippen molar-refractivity contribution in [3.8, 4) is 23.0 Å². The Morgan fingerprint density at radius 3 is 2.41 bits per heavy atom. The molecule has 2 aliphatic carbocycles. The summed E-state index contributed by atoms with van der Waals surface area (Å²) in [6, 6.07) is 29.9. The zero-order valence-corrected chi connectivity index (χ0v) is 39.5. The van der Waals surface area contributed by atoms with Crippen molar-refractivity contribution in [1.82, 2.24) is 4.90 Å². The van der Waals surface area contributed by atoms with E-state index in [1.54, 1.807) is 47.4 Å².